The molecule has 2 rings (SSSR count). The summed E-state index contributed by atoms with van der Waals surface area (Å²) in [6.07, 6.45) is 2.43. The van der Waals surface area contributed by atoms with Crippen LogP contribution in [-0.4, -0.2) is 6.54 Å². The van der Waals surface area contributed by atoms with Gasteiger partial charge in [-0.05, 0) is 24.1 Å². The topological polar surface area (TPSA) is 35.8 Å². The van der Waals surface area contributed by atoms with Crippen molar-refractivity contribution in [3.05, 3.63) is 34.9 Å². The van der Waals surface area contributed by atoms with Crippen molar-refractivity contribution in [2.45, 2.75) is 6.42 Å². The van der Waals surface area contributed by atoms with Gasteiger partial charge in [0.2, 0.25) is 0 Å². The molecule has 0 aliphatic carbocycles. The Morgan fingerprint density at radius 3 is 3.14 bits per heavy atom. The normalized spacial score (nSPS) is 17.0. The molecule has 0 atom stereocenters. The van der Waals surface area contributed by atoms with Gasteiger partial charge in [0.1, 0.15) is 0 Å². The number of nitriles is 1. The summed E-state index contributed by atoms with van der Waals surface area (Å²) in [6, 6.07) is 7.79. The van der Waals surface area contributed by atoms with E-state index in [0.717, 1.165) is 29.8 Å². The minimum absolute atomic E-state index is 0.705. The highest BCUT2D eigenvalue weighted by molar-refractivity contribution is 6.33. The van der Waals surface area contributed by atoms with Crippen LogP contribution in [0.3, 0.4) is 0 Å². The van der Waals surface area contributed by atoms with E-state index in [1.807, 2.05) is 18.2 Å². The van der Waals surface area contributed by atoms with Crippen LogP contribution in [0.4, 0.5) is 5.69 Å². The average Bonchev–Trinajstić information content (AvgIpc) is 2.19. The van der Waals surface area contributed by atoms with E-state index in [4.69, 9.17) is 16.9 Å². The molecular formula is C11H9ClN2. The Kier molecular flexibility index (Phi) is 2.43. The zero-order valence-corrected chi connectivity index (χ0v) is 8.30. The largest absolute Gasteiger partial charge is 0.384 e. The molecule has 1 aromatic rings. The van der Waals surface area contributed by atoms with Gasteiger partial charge in [0.25, 0.3) is 0 Å². The van der Waals surface area contributed by atoms with Crippen molar-refractivity contribution in [3.8, 4) is 6.07 Å². The lowest BCUT2D eigenvalue weighted by Gasteiger charge is -2.21. The maximum Gasteiger partial charge on any atom is 0.0915 e. The molecule has 0 spiro atoms. The van der Waals surface area contributed by atoms with E-state index in [1.54, 1.807) is 6.08 Å². The number of fused-ring (bicyclic) bond motifs is 1. The molecule has 3 heteroatoms. The summed E-state index contributed by atoms with van der Waals surface area (Å²) in [5.41, 5.74) is 3.01. The highest BCUT2D eigenvalue weighted by atomic mass is 35.5. The molecule has 0 amide bonds. The highest BCUT2D eigenvalue weighted by Gasteiger charge is 2.15. The Bertz CT molecular complexity index is 429. The molecule has 0 radical (unpaired) electrons. The van der Waals surface area contributed by atoms with Crippen molar-refractivity contribution in [1.82, 2.24) is 0 Å². The van der Waals surface area contributed by atoms with E-state index in [2.05, 4.69) is 11.4 Å². The number of anilines is 1. The fourth-order valence-corrected chi connectivity index (χ4v) is 1.97. The number of hydrogen-bond acceptors (Lipinski definition) is 2. The van der Waals surface area contributed by atoms with Crippen molar-refractivity contribution < 1.29 is 0 Å². The third-order valence-electron chi connectivity index (χ3n) is 2.28. The van der Waals surface area contributed by atoms with Crippen LogP contribution >= 0.6 is 11.6 Å². The van der Waals surface area contributed by atoms with Gasteiger partial charge in [0, 0.05) is 23.9 Å². The van der Waals surface area contributed by atoms with Crippen LogP contribution in [0.15, 0.2) is 24.3 Å². The van der Waals surface area contributed by atoms with Crippen LogP contribution in [-0.2, 0) is 0 Å². The van der Waals surface area contributed by atoms with Crippen molar-refractivity contribution in [2.75, 3.05) is 11.9 Å². The van der Waals surface area contributed by atoms with Gasteiger partial charge >= 0.3 is 0 Å². The summed E-state index contributed by atoms with van der Waals surface area (Å²) in [6.45, 7) is 0.862. The van der Waals surface area contributed by atoms with Crippen molar-refractivity contribution in [1.29, 1.82) is 5.26 Å². The maximum atomic E-state index is 8.65. The number of nitrogens with zero attached hydrogens (tertiary/aromatic N) is 1. The molecule has 1 heterocycles. The highest BCUT2D eigenvalue weighted by Crippen LogP contribution is 2.35. The molecule has 0 bridgehead atoms. The predicted octanol–water partition coefficient (Wildman–Crippen LogP) is 3.06. The van der Waals surface area contributed by atoms with Crippen LogP contribution in [0.25, 0.3) is 5.57 Å². The third kappa shape index (κ3) is 1.47. The Labute approximate surface area is 87.8 Å². The number of hydrogen-bond donors (Lipinski definition) is 1. The first kappa shape index (κ1) is 9.11. The van der Waals surface area contributed by atoms with Crippen LogP contribution in [0.5, 0.6) is 0 Å². The van der Waals surface area contributed by atoms with Crippen LogP contribution in [0, 0.1) is 11.3 Å². The minimum Gasteiger partial charge on any atom is -0.384 e. The molecule has 1 N–H and O–H groups in total. The molecule has 2 nitrogen and oxygen atoms in total. The van der Waals surface area contributed by atoms with Crippen LogP contribution < -0.4 is 5.32 Å². The van der Waals surface area contributed by atoms with Crippen molar-refractivity contribution in [2.24, 2.45) is 0 Å². The zero-order chi connectivity index (χ0) is 9.97. The minimum atomic E-state index is 0.705. The molecule has 0 unspecified atom stereocenters. The van der Waals surface area contributed by atoms with Gasteiger partial charge in [-0.25, -0.2) is 0 Å². The van der Waals surface area contributed by atoms with Crippen molar-refractivity contribution >= 4 is 22.9 Å². The first-order chi connectivity index (χ1) is 6.83. The third-order valence-corrected chi connectivity index (χ3v) is 2.60. The second-order valence-electron chi connectivity index (χ2n) is 3.14. The Balaban J connectivity index is 2.59. The second-order valence-corrected chi connectivity index (χ2v) is 3.55. The molecule has 14 heavy (non-hydrogen) atoms. The lowest BCUT2D eigenvalue weighted by atomic mass is 9.97. The maximum absolute atomic E-state index is 8.65. The van der Waals surface area contributed by atoms with Gasteiger partial charge in [-0.3, -0.25) is 0 Å². The standard InChI is InChI=1S/C11H9ClN2/c12-9-2-1-3-10-11(9)8(4-6-13)5-7-14-10/h1-4,14H,5,7H2/b8-4-. The number of rotatable bonds is 0. The molecule has 1 aromatic carbocycles. The molecule has 0 fully saturated rings. The first-order valence-corrected chi connectivity index (χ1v) is 4.82. The quantitative estimate of drug-likeness (QED) is 0.660. The van der Waals surface area contributed by atoms with Crippen LogP contribution in [0.2, 0.25) is 5.02 Å². The number of nitrogens with one attached hydrogen (secondary N) is 1. The summed E-state index contributed by atoms with van der Waals surface area (Å²) >= 11 is 6.08. The smallest absolute Gasteiger partial charge is 0.0915 e. The average molecular weight is 205 g/mol. The molecule has 0 saturated carbocycles. The van der Waals surface area contributed by atoms with E-state index >= 15 is 0 Å². The van der Waals surface area contributed by atoms with Crippen molar-refractivity contribution in [3.63, 3.8) is 0 Å². The lowest BCUT2D eigenvalue weighted by Crippen LogP contribution is -2.11. The van der Waals surface area contributed by atoms with E-state index in [0.29, 0.717) is 5.02 Å². The fourth-order valence-electron chi connectivity index (χ4n) is 1.68. The van der Waals surface area contributed by atoms with Crippen LogP contribution in [0.1, 0.15) is 12.0 Å². The van der Waals surface area contributed by atoms with E-state index in [-0.39, 0.29) is 0 Å². The summed E-state index contributed by atoms with van der Waals surface area (Å²) in [4.78, 5) is 0. The summed E-state index contributed by atoms with van der Waals surface area (Å²) in [5.74, 6) is 0. The van der Waals surface area contributed by atoms with Gasteiger partial charge in [-0.1, -0.05) is 17.7 Å². The Morgan fingerprint density at radius 1 is 1.50 bits per heavy atom. The number of halogens is 1. The predicted molar refractivity (Wildman–Crippen MR) is 58.1 cm³/mol. The van der Waals surface area contributed by atoms with Gasteiger partial charge in [-0.15, -0.1) is 0 Å². The first-order valence-electron chi connectivity index (χ1n) is 4.44. The zero-order valence-electron chi connectivity index (χ0n) is 7.55. The molecular weight excluding hydrogens is 196 g/mol. The number of benzene rings is 1. The van der Waals surface area contributed by atoms with Gasteiger partial charge in [-0.2, -0.15) is 5.26 Å². The summed E-state index contributed by atoms with van der Waals surface area (Å²) in [5, 5.41) is 12.6. The molecule has 0 saturated heterocycles. The van der Waals surface area contributed by atoms with E-state index in [9.17, 15) is 0 Å². The van der Waals surface area contributed by atoms with Gasteiger partial charge < -0.3 is 5.32 Å². The molecule has 1 aliphatic heterocycles. The molecule has 70 valence electrons. The molecule has 1 aliphatic rings. The summed E-state index contributed by atoms with van der Waals surface area (Å²) < 4.78 is 0. The SMILES string of the molecule is N#C/C=C1/CCNc2cccc(Cl)c21. The summed E-state index contributed by atoms with van der Waals surface area (Å²) in [7, 11) is 0. The second kappa shape index (κ2) is 3.73. The Morgan fingerprint density at radius 2 is 2.36 bits per heavy atom. The van der Waals surface area contributed by atoms with E-state index in [1.165, 1.54) is 0 Å². The molecule has 0 aromatic heterocycles. The number of allylic oxidation sites excluding steroid dienone is 1. The van der Waals surface area contributed by atoms with Gasteiger partial charge in [0.15, 0.2) is 0 Å². The fraction of sp³-hybridized carbons (Fsp3) is 0.182. The van der Waals surface area contributed by atoms with E-state index < -0.39 is 0 Å². The monoisotopic (exact) mass is 204 g/mol. The lowest BCUT2D eigenvalue weighted by molar-refractivity contribution is 1.05. The van der Waals surface area contributed by atoms with Gasteiger partial charge in [0.05, 0.1) is 11.1 Å². The Hall–Kier alpha value is -1.46.